The van der Waals surface area contributed by atoms with Crippen molar-refractivity contribution in [3.63, 3.8) is 0 Å². The number of phosphoric ester groups is 1. The number of carbonyl (C=O) groups is 1. The van der Waals surface area contributed by atoms with Crippen LogP contribution in [-0.4, -0.2) is 30.7 Å². The minimum Gasteiger partial charge on any atom is -0.319 e. The van der Waals surface area contributed by atoms with Gasteiger partial charge in [0.05, 0.1) is 10.7 Å². The maximum atomic E-state index is 13.8. The van der Waals surface area contributed by atoms with Crippen molar-refractivity contribution in [1.29, 1.82) is 0 Å². The van der Waals surface area contributed by atoms with Crippen molar-refractivity contribution in [2.45, 2.75) is 13.2 Å². The molecule has 2 aromatic rings. The van der Waals surface area contributed by atoms with Crippen LogP contribution in [0, 0.1) is 5.95 Å². The maximum Gasteiger partial charge on any atom is 0.471 e. The van der Waals surface area contributed by atoms with E-state index in [1.54, 1.807) is 0 Å². The molecule has 2 rings (SSSR count). The van der Waals surface area contributed by atoms with Crippen molar-refractivity contribution in [3.8, 4) is 0 Å². The minimum atomic E-state index is -4.84. The first kappa shape index (κ1) is 18.8. The number of phosphoric acid groups is 1. The molecule has 0 aliphatic rings. The van der Waals surface area contributed by atoms with Crippen LogP contribution in [0.4, 0.5) is 10.1 Å². The highest BCUT2D eigenvalue weighted by atomic mass is 35.5. The summed E-state index contributed by atoms with van der Waals surface area (Å²) in [5, 5.41) is 9.56. The fourth-order valence-corrected chi connectivity index (χ4v) is 2.56. The molecule has 1 unspecified atom stereocenters. The van der Waals surface area contributed by atoms with Gasteiger partial charge in [-0.25, -0.2) is 4.57 Å². The molecule has 0 saturated carbocycles. The van der Waals surface area contributed by atoms with Crippen LogP contribution >= 0.6 is 31.0 Å². The number of benzene rings is 1. The maximum absolute atomic E-state index is 13.8. The number of hydrogen-bond donors (Lipinski definition) is 3. The molecule has 1 heterocycles. The van der Waals surface area contributed by atoms with E-state index < -0.39 is 31.6 Å². The number of amides is 1. The van der Waals surface area contributed by atoms with Gasteiger partial charge in [0.2, 0.25) is 5.69 Å². The summed E-state index contributed by atoms with van der Waals surface area (Å²) in [7, 11) is -4.84. The standard InChI is InChI=1S/C11H10Cl2FN4O5P/c1-5(23-24(20,21)22)18-16-9(10(14)17-18)11(19)15-8-3-2-6(12)4-7(8)13/h2-5H,1H3,(H,15,19)(H2,20,21,22). The van der Waals surface area contributed by atoms with E-state index in [1.807, 2.05) is 0 Å². The van der Waals surface area contributed by atoms with Gasteiger partial charge in [0.25, 0.3) is 11.9 Å². The van der Waals surface area contributed by atoms with Gasteiger partial charge in [0.1, 0.15) is 0 Å². The summed E-state index contributed by atoms with van der Waals surface area (Å²) in [5.41, 5.74) is -0.540. The Bertz CT molecular complexity index is 827. The van der Waals surface area contributed by atoms with E-state index in [0.717, 1.165) is 6.92 Å². The number of hydrogen-bond acceptors (Lipinski definition) is 5. The van der Waals surface area contributed by atoms with Crippen molar-refractivity contribution in [1.82, 2.24) is 15.0 Å². The molecular weight excluding hydrogens is 389 g/mol. The van der Waals surface area contributed by atoms with Crippen LogP contribution in [0.25, 0.3) is 0 Å². The third kappa shape index (κ3) is 4.73. The monoisotopic (exact) mass is 398 g/mol. The third-order valence-electron chi connectivity index (χ3n) is 2.60. The second kappa shape index (κ2) is 7.14. The molecule has 0 fully saturated rings. The number of nitrogens with zero attached hydrogens (tertiary/aromatic N) is 3. The van der Waals surface area contributed by atoms with Gasteiger partial charge < -0.3 is 15.1 Å². The smallest absolute Gasteiger partial charge is 0.319 e. The molecule has 24 heavy (non-hydrogen) atoms. The molecule has 0 bridgehead atoms. The second-order valence-corrected chi connectivity index (χ2v) is 6.47. The molecular formula is C11H10Cl2FN4O5P. The predicted octanol–water partition coefficient (Wildman–Crippen LogP) is 2.60. The Balaban J connectivity index is 2.20. The summed E-state index contributed by atoms with van der Waals surface area (Å²) >= 11 is 11.6. The Morgan fingerprint density at radius 3 is 2.67 bits per heavy atom. The number of aromatic nitrogens is 3. The van der Waals surface area contributed by atoms with E-state index in [9.17, 15) is 13.8 Å². The summed E-state index contributed by atoms with van der Waals surface area (Å²) in [5.74, 6) is -2.22. The highest BCUT2D eigenvalue weighted by Crippen LogP contribution is 2.40. The lowest BCUT2D eigenvalue weighted by molar-refractivity contribution is 0.0753. The predicted molar refractivity (Wildman–Crippen MR) is 82.2 cm³/mol. The van der Waals surface area contributed by atoms with Crippen LogP contribution in [0.1, 0.15) is 23.6 Å². The molecule has 0 aliphatic carbocycles. The van der Waals surface area contributed by atoms with Gasteiger partial charge in [-0.1, -0.05) is 23.2 Å². The van der Waals surface area contributed by atoms with E-state index in [4.69, 9.17) is 33.0 Å². The van der Waals surface area contributed by atoms with Crippen LogP contribution in [0.2, 0.25) is 10.0 Å². The summed E-state index contributed by atoms with van der Waals surface area (Å²) in [6.07, 6.45) is -1.40. The lowest BCUT2D eigenvalue weighted by Gasteiger charge is -2.11. The molecule has 1 aromatic carbocycles. The van der Waals surface area contributed by atoms with E-state index in [2.05, 4.69) is 20.0 Å². The van der Waals surface area contributed by atoms with Crippen molar-refractivity contribution < 1.29 is 28.1 Å². The Morgan fingerprint density at radius 1 is 1.42 bits per heavy atom. The largest absolute Gasteiger partial charge is 0.471 e. The average Bonchev–Trinajstić information content (AvgIpc) is 2.82. The Morgan fingerprint density at radius 2 is 2.08 bits per heavy atom. The fourth-order valence-electron chi connectivity index (χ4n) is 1.62. The molecule has 0 radical (unpaired) electrons. The average molecular weight is 399 g/mol. The van der Waals surface area contributed by atoms with E-state index in [1.165, 1.54) is 18.2 Å². The summed E-state index contributed by atoms with van der Waals surface area (Å²) in [4.78, 5) is 30.0. The van der Waals surface area contributed by atoms with Crippen LogP contribution in [0.5, 0.6) is 0 Å². The number of anilines is 1. The zero-order chi connectivity index (χ0) is 18.1. The number of halogens is 3. The van der Waals surface area contributed by atoms with Crippen molar-refractivity contribution in [3.05, 3.63) is 39.9 Å². The minimum absolute atomic E-state index is 0.127. The Labute approximate surface area is 144 Å². The number of rotatable bonds is 5. The summed E-state index contributed by atoms with van der Waals surface area (Å²) in [6.45, 7) is 1.16. The number of nitrogens with one attached hydrogen (secondary N) is 1. The van der Waals surface area contributed by atoms with Gasteiger partial charge in [0, 0.05) is 5.02 Å². The normalized spacial score (nSPS) is 12.9. The first-order valence-electron chi connectivity index (χ1n) is 6.19. The quantitative estimate of drug-likeness (QED) is 0.660. The molecule has 1 amide bonds. The second-order valence-electron chi connectivity index (χ2n) is 4.43. The Hall–Kier alpha value is -1.55. The van der Waals surface area contributed by atoms with E-state index >= 15 is 0 Å². The van der Waals surface area contributed by atoms with Crippen molar-refractivity contribution in [2.75, 3.05) is 5.32 Å². The van der Waals surface area contributed by atoms with Crippen LogP contribution in [0.15, 0.2) is 18.2 Å². The summed E-state index contributed by atoms with van der Waals surface area (Å²) < 4.78 is 28.8. The highest BCUT2D eigenvalue weighted by molar-refractivity contribution is 7.46. The van der Waals surface area contributed by atoms with Crippen molar-refractivity contribution >= 4 is 42.6 Å². The van der Waals surface area contributed by atoms with E-state index in [-0.39, 0.29) is 10.7 Å². The first-order chi connectivity index (χ1) is 11.1. The van der Waals surface area contributed by atoms with Crippen molar-refractivity contribution in [2.24, 2.45) is 0 Å². The van der Waals surface area contributed by atoms with Gasteiger partial charge in [0.15, 0.2) is 6.23 Å². The SMILES string of the molecule is CC(OP(=O)(O)O)n1nc(F)c(C(=O)Nc2ccc(Cl)cc2Cl)n1. The first-order valence-corrected chi connectivity index (χ1v) is 8.48. The van der Waals surface area contributed by atoms with Crippen LogP contribution in [0.3, 0.4) is 0 Å². The molecule has 0 saturated heterocycles. The highest BCUT2D eigenvalue weighted by Gasteiger charge is 2.25. The van der Waals surface area contributed by atoms with Crippen LogP contribution < -0.4 is 5.32 Å². The fraction of sp³-hybridized carbons (Fsp3) is 0.182. The van der Waals surface area contributed by atoms with Gasteiger partial charge >= 0.3 is 7.82 Å². The molecule has 1 atom stereocenters. The lowest BCUT2D eigenvalue weighted by Crippen LogP contribution is -2.16. The lowest BCUT2D eigenvalue weighted by atomic mass is 10.3. The van der Waals surface area contributed by atoms with Gasteiger partial charge in [-0.05, 0) is 25.1 Å². The molecule has 130 valence electrons. The van der Waals surface area contributed by atoms with Gasteiger partial charge in [-0.2, -0.15) is 9.19 Å². The van der Waals surface area contributed by atoms with Gasteiger partial charge in [-0.15, -0.1) is 10.2 Å². The zero-order valence-electron chi connectivity index (χ0n) is 11.9. The van der Waals surface area contributed by atoms with Gasteiger partial charge in [-0.3, -0.25) is 9.32 Å². The molecule has 0 aliphatic heterocycles. The Kier molecular flexibility index (Phi) is 5.59. The third-order valence-corrected chi connectivity index (χ3v) is 3.73. The number of carbonyl (C=O) groups excluding carboxylic acids is 1. The van der Waals surface area contributed by atoms with E-state index in [0.29, 0.717) is 9.82 Å². The molecule has 3 N–H and O–H groups in total. The molecule has 13 heteroatoms. The zero-order valence-corrected chi connectivity index (χ0v) is 14.3. The molecule has 0 spiro atoms. The van der Waals surface area contributed by atoms with Crippen LogP contribution in [-0.2, 0) is 9.09 Å². The summed E-state index contributed by atoms with van der Waals surface area (Å²) in [6, 6.07) is 4.25. The molecule has 9 nitrogen and oxygen atoms in total. The molecule has 1 aromatic heterocycles. The topological polar surface area (TPSA) is 127 Å².